The zero-order valence-electron chi connectivity index (χ0n) is 11.4. The molecular weight excluding hydrogens is 278 g/mol. The zero-order chi connectivity index (χ0) is 15.4. The lowest BCUT2D eigenvalue weighted by molar-refractivity contribution is -0.384. The molecule has 0 spiro atoms. The van der Waals surface area contributed by atoms with Gasteiger partial charge >= 0.3 is 5.97 Å². The second-order valence-corrected chi connectivity index (χ2v) is 4.07. The van der Waals surface area contributed by atoms with Gasteiger partial charge < -0.3 is 4.74 Å². The number of aromatic nitrogens is 3. The number of hydrogen-bond acceptors (Lipinski definition) is 7. The third-order valence-corrected chi connectivity index (χ3v) is 2.68. The van der Waals surface area contributed by atoms with Gasteiger partial charge in [0.05, 0.1) is 22.9 Å². The van der Waals surface area contributed by atoms with E-state index in [0.717, 1.165) is 0 Å². The number of anilines is 1. The summed E-state index contributed by atoms with van der Waals surface area (Å²) in [4.78, 5) is 23.0. The van der Waals surface area contributed by atoms with Crippen LogP contribution in [-0.2, 0) is 4.74 Å². The molecule has 0 saturated carbocycles. The predicted molar refractivity (Wildman–Crippen MR) is 72.8 cm³/mol. The Bertz CT molecular complexity index is 665. The van der Waals surface area contributed by atoms with Crippen LogP contribution in [0.3, 0.4) is 0 Å². The van der Waals surface area contributed by atoms with Crippen molar-refractivity contribution < 1.29 is 14.5 Å². The Morgan fingerprint density at radius 1 is 1.43 bits per heavy atom. The van der Waals surface area contributed by atoms with Crippen LogP contribution in [0.25, 0.3) is 0 Å². The van der Waals surface area contributed by atoms with Gasteiger partial charge in [-0.25, -0.2) is 4.79 Å². The molecule has 0 atom stereocenters. The van der Waals surface area contributed by atoms with Gasteiger partial charge in [0.25, 0.3) is 5.69 Å². The number of hydrogen-bond donors (Lipinski definition) is 1. The molecule has 0 aliphatic rings. The topological polar surface area (TPSA) is 112 Å². The van der Waals surface area contributed by atoms with Crippen LogP contribution in [0.2, 0.25) is 0 Å². The summed E-state index contributed by atoms with van der Waals surface area (Å²) in [5, 5.41) is 18.1. The number of carbonyl (C=O) groups is 1. The van der Waals surface area contributed by atoms with Gasteiger partial charge in [-0.1, -0.05) is 0 Å². The average molecular weight is 291 g/mol. The van der Waals surface area contributed by atoms with E-state index in [4.69, 9.17) is 4.74 Å². The molecule has 2 rings (SSSR count). The van der Waals surface area contributed by atoms with Crippen LogP contribution in [0.1, 0.15) is 23.1 Å². The highest BCUT2D eigenvalue weighted by atomic mass is 16.6. The first-order chi connectivity index (χ1) is 10.0. The SMILES string of the molecule is CCOC(=O)c1nnn(Nc2ccc([N+](=O)[O-])cc2)c1C. The number of nitrogens with zero attached hydrogens (tertiary/aromatic N) is 4. The van der Waals surface area contributed by atoms with E-state index in [1.54, 1.807) is 13.8 Å². The maximum Gasteiger partial charge on any atom is 0.360 e. The summed E-state index contributed by atoms with van der Waals surface area (Å²) < 4.78 is 4.86. The molecule has 21 heavy (non-hydrogen) atoms. The van der Waals surface area contributed by atoms with Crippen molar-refractivity contribution in [3.8, 4) is 0 Å². The highest BCUT2D eigenvalue weighted by molar-refractivity contribution is 5.88. The summed E-state index contributed by atoms with van der Waals surface area (Å²) in [5.74, 6) is -0.549. The minimum atomic E-state index is -0.549. The quantitative estimate of drug-likeness (QED) is 0.505. The molecular formula is C12H13N5O4. The van der Waals surface area contributed by atoms with Crippen molar-refractivity contribution in [2.45, 2.75) is 13.8 Å². The average Bonchev–Trinajstić information content (AvgIpc) is 2.81. The van der Waals surface area contributed by atoms with Crippen LogP contribution < -0.4 is 5.43 Å². The normalized spacial score (nSPS) is 10.2. The van der Waals surface area contributed by atoms with E-state index < -0.39 is 10.9 Å². The third-order valence-electron chi connectivity index (χ3n) is 2.68. The Morgan fingerprint density at radius 3 is 2.67 bits per heavy atom. The first-order valence-corrected chi connectivity index (χ1v) is 6.13. The maximum atomic E-state index is 11.6. The van der Waals surface area contributed by atoms with Gasteiger partial charge in [-0.2, -0.15) is 4.79 Å². The predicted octanol–water partition coefficient (Wildman–Crippen LogP) is 1.55. The van der Waals surface area contributed by atoms with Gasteiger partial charge in [-0.3, -0.25) is 15.5 Å². The molecule has 0 radical (unpaired) electrons. The molecule has 2 aromatic rings. The Balaban J connectivity index is 2.16. The lowest BCUT2D eigenvalue weighted by atomic mass is 10.3. The number of rotatable bonds is 5. The summed E-state index contributed by atoms with van der Waals surface area (Å²) in [6.07, 6.45) is 0. The van der Waals surface area contributed by atoms with E-state index in [-0.39, 0.29) is 18.0 Å². The standard InChI is InChI=1S/C12H13N5O4/c1-3-21-12(18)11-8(2)16(15-13-11)14-9-4-6-10(7-5-9)17(19)20/h4-7,14H,3H2,1-2H3. The lowest BCUT2D eigenvalue weighted by Crippen LogP contribution is -2.14. The lowest BCUT2D eigenvalue weighted by Gasteiger charge is -2.07. The second kappa shape index (κ2) is 5.99. The van der Waals surface area contributed by atoms with Crippen LogP contribution in [0.15, 0.2) is 24.3 Å². The molecule has 1 N–H and O–H groups in total. The largest absolute Gasteiger partial charge is 0.461 e. The molecule has 1 aromatic carbocycles. The highest BCUT2D eigenvalue weighted by Crippen LogP contribution is 2.16. The van der Waals surface area contributed by atoms with Gasteiger partial charge in [-0.15, -0.1) is 5.10 Å². The number of nitro benzene ring substituents is 1. The van der Waals surface area contributed by atoms with Crippen molar-refractivity contribution in [1.82, 2.24) is 15.1 Å². The molecule has 0 fully saturated rings. The molecule has 0 unspecified atom stereocenters. The zero-order valence-corrected chi connectivity index (χ0v) is 11.4. The fourth-order valence-corrected chi connectivity index (χ4v) is 1.60. The van der Waals surface area contributed by atoms with Crippen molar-refractivity contribution in [3.05, 3.63) is 45.8 Å². The van der Waals surface area contributed by atoms with Crippen LogP contribution in [0, 0.1) is 17.0 Å². The number of non-ortho nitro benzene ring substituents is 1. The van der Waals surface area contributed by atoms with Crippen LogP contribution >= 0.6 is 0 Å². The molecule has 0 aliphatic carbocycles. The van der Waals surface area contributed by atoms with Gasteiger partial charge in [0.1, 0.15) is 0 Å². The number of esters is 1. The van der Waals surface area contributed by atoms with Crippen LogP contribution in [0.5, 0.6) is 0 Å². The number of nitrogens with one attached hydrogen (secondary N) is 1. The smallest absolute Gasteiger partial charge is 0.360 e. The molecule has 0 aliphatic heterocycles. The van der Waals surface area contributed by atoms with Gasteiger partial charge in [0.15, 0.2) is 5.69 Å². The minimum absolute atomic E-state index is 0.0110. The summed E-state index contributed by atoms with van der Waals surface area (Å²) >= 11 is 0. The Hall–Kier alpha value is -2.97. The van der Waals surface area contributed by atoms with E-state index in [0.29, 0.717) is 11.4 Å². The van der Waals surface area contributed by atoms with Gasteiger partial charge in [0.2, 0.25) is 0 Å². The van der Waals surface area contributed by atoms with Crippen molar-refractivity contribution in [2.75, 3.05) is 12.0 Å². The molecule has 0 amide bonds. The summed E-state index contributed by atoms with van der Waals surface area (Å²) in [7, 11) is 0. The minimum Gasteiger partial charge on any atom is -0.461 e. The monoisotopic (exact) mass is 291 g/mol. The highest BCUT2D eigenvalue weighted by Gasteiger charge is 2.17. The molecule has 1 heterocycles. The molecule has 9 heteroatoms. The van der Waals surface area contributed by atoms with E-state index in [1.807, 2.05) is 0 Å². The van der Waals surface area contributed by atoms with Crippen LogP contribution in [-0.4, -0.2) is 32.6 Å². The molecule has 0 saturated heterocycles. The Morgan fingerprint density at radius 2 is 2.10 bits per heavy atom. The fraction of sp³-hybridized carbons (Fsp3) is 0.250. The van der Waals surface area contributed by atoms with Crippen molar-refractivity contribution in [1.29, 1.82) is 0 Å². The third kappa shape index (κ3) is 3.14. The van der Waals surface area contributed by atoms with Crippen molar-refractivity contribution in [3.63, 3.8) is 0 Å². The van der Waals surface area contributed by atoms with Crippen molar-refractivity contribution >= 4 is 17.3 Å². The second-order valence-electron chi connectivity index (χ2n) is 4.07. The van der Waals surface area contributed by atoms with Crippen molar-refractivity contribution in [2.24, 2.45) is 0 Å². The number of carbonyl (C=O) groups excluding carboxylic acids is 1. The number of benzene rings is 1. The molecule has 9 nitrogen and oxygen atoms in total. The summed E-state index contributed by atoms with van der Waals surface area (Å²) in [5.41, 5.74) is 4.03. The van der Waals surface area contributed by atoms with E-state index in [1.165, 1.54) is 29.1 Å². The Kier molecular flexibility index (Phi) is 4.12. The molecule has 0 bridgehead atoms. The van der Waals surface area contributed by atoms with Crippen LogP contribution in [0.4, 0.5) is 11.4 Å². The van der Waals surface area contributed by atoms with E-state index in [9.17, 15) is 14.9 Å². The summed E-state index contributed by atoms with van der Waals surface area (Å²) in [6, 6.07) is 5.79. The number of nitro groups is 1. The summed E-state index contributed by atoms with van der Waals surface area (Å²) in [6.45, 7) is 3.61. The van der Waals surface area contributed by atoms with E-state index >= 15 is 0 Å². The number of ether oxygens (including phenoxy) is 1. The van der Waals surface area contributed by atoms with E-state index in [2.05, 4.69) is 15.7 Å². The Labute approximate surface area is 119 Å². The van der Waals surface area contributed by atoms with Gasteiger partial charge in [0, 0.05) is 12.1 Å². The first kappa shape index (κ1) is 14.4. The van der Waals surface area contributed by atoms with Gasteiger partial charge in [-0.05, 0) is 31.2 Å². The molecule has 1 aromatic heterocycles. The first-order valence-electron chi connectivity index (χ1n) is 6.13. The molecule has 110 valence electrons. The fourth-order valence-electron chi connectivity index (χ4n) is 1.60. The maximum absolute atomic E-state index is 11.6.